The first-order valence-electron chi connectivity index (χ1n) is 23.3. The molecule has 2 aliphatic rings. The molecule has 1 spiro atoms. The summed E-state index contributed by atoms with van der Waals surface area (Å²) < 4.78 is 2.40. The number of para-hydroxylation sites is 2. The molecule has 67 heavy (non-hydrogen) atoms. The number of hydrogen-bond acceptors (Lipinski definition) is 1. The van der Waals surface area contributed by atoms with Gasteiger partial charge in [-0.1, -0.05) is 182 Å². The molecule has 0 radical (unpaired) electrons. The first-order chi connectivity index (χ1) is 33.2. The van der Waals surface area contributed by atoms with Crippen LogP contribution in [-0.2, 0) is 5.41 Å². The molecule has 0 N–H and O–H groups in total. The lowest BCUT2D eigenvalue weighted by Crippen LogP contribution is -2.29. The van der Waals surface area contributed by atoms with E-state index in [4.69, 9.17) is 0 Å². The van der Waals surface area contributed by atoms with Gasteiger partial charge in [0, 0.05) is 33.5 Å². The van der Waals surface area contributed by atoms with Gasteiger partial charge in [-0.3, -0.25) is 0 Å². The summed E-state index contributed by atoms with van der Waals surface area (Å²) in [6.07, 6.45) is 0. The molecule has 1 unspecified atom stereocenters. The van der Waals surface area contributed by atoms with Crippen molar-refractivity contribution < 1.29 is 0 Å². The van der Waals surface area contributed by atoms with E-state index in [-0.39, 0.29) is 0 Å². The fraction of sp³-hybridized carbons (Fsp3) is 0.0154. The van der Waals surface area contributed by atoms with Gasteiger partial charge in [-0.2, -0.15) is 0 Å². The van der Waals surface area contributed by atoms with E-state index in [2.05, 4.69) is 264 Å². The van der Waals surface area contributed by atoms with Crippen LogP contribution in [0.2, 0.25) is 0 Å². The van der Waals surface area contributed by atoms with Crippen molar-refractivity contribution in [3.05, 3.63) is 277 Å². The normalized spacial score (nSPS) is 14.3. The molecule has 0 saturated carbocycles. The van der Waals surface area contributed by atoms with Gasteiger partial charge in [-0.15, -0.1) is 0 Å². The molecule has 1 atom stereocenters. The number of benzene rings is 11. The highest BCUT2D eigenvalue weighted by Gasteiger charge is 2.50. The minimum absolute atomic E-state index is 0.632. The maximum atomic E-state index is 2.53. The first kappa shape index (κ1) is 37.6. The zero-order valence-corrected chi connectivity index (χ0v) is 36.6. The molecule has 12 aromatic rings. The highest BCUT2D eigenvalue weighted by Crippen LogP contribution is 2.62. The van der Waals surface area contributed by atoms with Gasteiger partial charge in [-0.25, -0.2) is 0 Å². The largest absolute Gasteiger partial charge is 0.310 e. The molecule has 2 nitrogen and oxygen atoms in total. The third-order valence-corrected chi connectivity index (χ3v) is 14.6. The van der Waals surface area contributed by atoms with Gasteiger partial charge in [0.15, 0.2) is 0 Å². The van der Waals surface area contributed by atoms with Gasteiger partial charge in [-0.05, 0) is 150 Å². The minimum Gasteiger partial charge on any atom is -0.310 e. The fourth-order valence-corrected chi connectivity index (χ4v) is 11.7. The Kier molecular flexibility index (Phi) is 8.23. The molecular formula is C65H42N2. The topological polar surface area (TPSA) is 8.17 Å². The molecule has 2 aliphatic carbocycles. The molecule has 14 rings (SSSR count). The Labute approximate surface area is 389 Å². The van der Waals surface area contributed by atoms with Crippen LogP contribution in [0.5, 0.6) is 0 Å². The van der Waals surface area contributed by atoms with Crippen molar-refractivity contribution in [3.8, 4) is 50.2 Å². The van der Waals surface area contributed by atoms with Gasteiger partial charge >= 0.3 is 0 Å². The van der Waals surface area contributed by atoms with Gasteiger partial charge in [0.05, 0.1) is 16.4 Å². The van der Waals surface area contributed by atoms with E-state index in [0.29, 0.717) is 0 Å². The van der Waals surface area contributed by atoms with Crippen LogP contribution in [0.1, 0.15) is 22.3 Å². The van der Waals surface area contributed by atoms with Crippen LogP contribution in [0.3, 0.4) is 0 Å². The van der Waals surface area contributed by atoms with Crippen LogP contribution in [0.4, 0.5) is 17.1 Å². The summed E-state index contributed by atoms with van der Waals surface area (Å²) in [5.74, 6) is 0. The van der Waals surface area contributed by atoms with Crippen LogP contribution < -0.4 is 4.90 Å². The number of fused-ring (bicyclic) bond motifs is 16. The van der Waals surface area contributed by atoms with Crippen LogP contribution in [-0.4, -0.2) is 4.57 Å². The maximum absolute atomic E-state index is 2.53. The van der Waals surface area contributed by atoms with E-state index < -0.39 is 5.41 Å². The molecule has 312 valence electrons. The molecule has 0 bridgehead atoms. The number of aromatic nitrogens is 1. The van der Waals surface area contributed by atoms with Crippen molar-refractivity contribution in [3.63, 3.8) is 0 Å². The van der Waals surface area contributed by atoms with Crippen molar-refractivity contribution in [2.24, 2.45) is 0 Å². The maximum Gasteiger partial charge on any atom is 0.0726 e. The van der Waals surface area contributed by atoms with E-state index in [9.17, 15) is 0 Å². The second-order valence-corrected chi connectivity index (χ2v) is 18.0. The molecule has 2 heteroatoms. The van der Waals surface area contributed by atoms with E-state index in [1.54, 1.807) is 0 Å². The standard InChI is InChI=1S/C65H42N2/c1-3-17-43(18-4-1)44-31-33-48(34-32-44)66(49-36-38-64-58(41-49)56-27-13-16-30-63(56)67(64)47-21-5-2-6-22-47)50-35-37-55-52-24-10-9-23-51(52)53-25-11-14-28-59(53)65(62(55)42-50)60-29-15-12-26-54(60)57-39-45-19-7-8-20-46(45)40-61(57)65/h1-42H. The molecule has 0 fully saturated rings. The Morgan fingerprint density at radius 1 is 0.284 bits per heavy atom. The Bertz CT molecular complexity index is 3920. The van der Waals surface area contributed by atoms with Crippen molar-refractivity contribution >= 4 is 49.6 Å². The molecular weight excluding hydrogens is 809 g/mol. The fourth-order valence-electron chi connectivity index (χ4n) is 11.7. The van der Waals surface area contributed by atoms with Gasteiger partial charge in [0.25, 0.3) is 0 Å². The van der Waals surface area contributed by atoms with Crippen LogP contribution in [0, 0.1) is 0 Å². The summed E-state index contributed by atoms with van der Waals surface area (Å²) in [6.45, 7) is 0. The van der Waals surface area contributed by atoms with Crippen LogP contribution in [0.15, 0.2) is 255 Å². The Morgan fingerprint density at radius 2 is 0.776 bits per heavy atom. The Morgan fingerprint density at radius 3 is 1.51 bits per heavy atom. The quantitative estimate of drug-likeness (QED) is 0.167. The highest BCUT2D eigenvalue weighted by atomic mass is 15.1. The number of anilines is 3. The summed E-state index contributed by atoms with van der Waals surface area (Å²) in [7, 11) is 0. The molecule has 0 amide bonds. The Hall–Kier alpha value is -8.72. The van der Waals surface area contributed by atoms with E-state index in [0.717, 1.165) is 22.7 Å². The summed E-state index contributed by atoms with van der Waals surface area (Å²) in [4.78, 5) is 2.47. The lowest BCUT2D eigenvalue weighted by Gasteiger charge is -2.36. The van der Waals surface area contributed by atoms with Crippen LogP contribution in [0.25, 0.3) is 82.8 Å². The van der Waals surface area contributed by atoms with Crippen molar-refractivity contribution in [1.82, 2.24) is 4.57 Å². The summed E-state index contributed by atoms with van der Waals surface area (Å²) in [5.41, 5.74) is 21.3. The highest BCUT2D eigenvalue weighted by molar-refractivity contribution is 6.11. The van der Waals surface area contributed by atoms with Gasteiger partial charge < -0.3 is 9.47 Å². The number of nitrogens with zero attached hydrogens (tertiary/aromatic N) is 2. The van der Waals surface area contributed by atoms with Crippen molar-refractivity contribution in [1.29, 1.82) is 0 Å². The predicted octanol–water partition coefficient (Wildman–Crippen LogP) is 17.1. The third kappa shape index (κ3) is 5.51. The molecule has 0 aliphatic heterocycles. The molecule has 11 aromatic carbocycles. The first-order valence-corrected chi connectivity index (χ1v) is 23.3. The third-order valence-electron chi connectivity index (χ3n) is 14.6. The van der Waals surface area contributed by atoms with Crippen molar-refractivity contribution in [2.45, 2.75) is 5.41 Å². The lowest BCUT2D eigenvalue weighted by molar-refractivity contribution is 0.776. The van der Waals surface area contributed by atoms with E-state index in [1.807, 2.05) is 0 Å². The van der Waals surface area contributed by atoms with E-state index in [1.165, 1.54) is 99.3 Å². The molecule has 1 aromatic heterocycles. The smallest absolute Gasteiger partial charge is 0.0726 e. The lowest BCUT2D eigenvalue weighted by atomic mass is 9.65. The van der Waals surface area contributed by atoms with E-state index >= 15 is 0 Å². The van der Waals surface area contributed by atoms with Crippen molar-refractivity contribution in [2.75, 3.05) is 4.90 Å². The average molecular weight is 851 g/mol. The Balaban J connectivity index is 1.08. The summed E-state index contributed by atoms with van der Waals surface area (Å²) in [5, 5.41) is 4.93. The van der Waals surface area contributed by atoms with Gasteiger partial charge in [0.2, 0.25) is 0 Å². The zero-order valence-electron chi connectivity index (χ0n) is 36.6. The summed E-state index contributed by atoms with van der Waals surface area (Å²) in [6, 6.07) is 94.8. The monoisotopic (exact) mass is 850 g/mol. The molecule has 0 saturated heterocycles. The molecule has 1 heterocycles. The number of rotatable bonds is 5. The minimum atomic E-state index is -0.632. The zero-order chi connectivity index (χ0) is 44.1. The predicted molar refractivity (Wildman–Crippen MR) is 280 cm³/mol. The number of hydrogen-bond donors (Lipinski definition) is 0. The SMILES string of the molecule is c1ccc(-c2ccc(N(c3ccc4c(c3)C3(c5ccccc5-c5ccccc5-4)c4ccccc4-c4cc5ccccc5cc43)c3ccc4c(c3)c3ccccc3n4-c3ccccc3)cc2)cc1. The van der Waals surface area contributed by atoms with Gasteiger partial charge in [0.1, 0.15) is 0 Å². The average Bonchev–Trinajstić information content (AvgIpc) is 3.85. The van der Waals surface area contributed by atoms with Crippen LogP contribution >= 0.6 is 0 Å². The second-order valence-electron chi connectivity index (χ2n) is 18.0. The summed E-state index contributed by atoms with van der Waals surface area (Å²) >= 11 is 0. The second kappa shape index (κ2) is 14.7.